The van der Waals surface area contributed by atoms with Crippen LogP contribution in [0.1, 0.15) is 24.5 Å². The van der Waals surface area contributed by atoms with Crippen LogP contribution in [0.15, 0.2) is 22.8 Å². The Bertz CT molecular complexity index is 298. The van der Waals surface area contributed by atoms with Crippen molar-refractivity contribution in [1.29, 1.82) is 0 Å². The van der Waals surface area contributed by atoms with Gasteiger partial charge in [-0.15, -0.1) is 0 Å². The number of carboxylic acids is 1. The highest BCUT2D eigenvalue weighted by molar-refractivity contribution is 5.76. The molecule has 4 heteroatoms. The van der Waals surface area contributed by atoms with Gasteiger partial charge in [0.15, 0.2) is 0 Å². The van der Waals surface area contributed by atoms with Gasteiger partial charge in [-0.2, -0.15) is 0 Å². The Kier molecular flexibility index (Phi) is 2.54. The van der Waals surface area contributed by atoms with E-state index in [-0.39, 0.29) is 6.10 Å². The first kappa shape index (κ1) is 9.27. The molecule has 0 aromatic carbocycles. The number of ether oxygens (including phenoxy) is 1. The second kappa shape index (κ2) is 3.84. The summed E-state index contributed by atoms with van der Waals surface area (Å²) < 4.78 is 10.5. The van der Waals surface area contributed by atoms with Crippen molar-refractivity contribution in [3.63, 3.8) is 0 Å². The standard InChI is InChI=1S/C10H12O4/c11-10(12)9(7-3-1-5-13-7)8-4-2-6-14-8/h1,3,5,8-9H,2,4,6H2,(H,11,12). The average molecular weight is 196 g/mol. The van der Waals surface area contributed by atoms with Crippen LogP contribution in [0.3, 0.4) is 0 Å². The molecule has 1 aromatic heterocycles. The Morgan fingerprint density at radius 2 is 2.50 bits per heavy atom. The lowest BCUT2D eigenvalue weighted by molar-refractivity contribution is -0.142. The second-order valence-corrected chi connectivity index (χ2v) is 3.38. The molecule has 4 nitrogen and oxygen atoms in total. The molecule has 0 radical (unpaired) electrons. The fourth-order valence-electron chi connectivity index (χ4n) is 1.80. The molecule has 14 heavy (non-hydrogen) atoms. The molecule has 1 aliphatic rings. The predicted molar refractivity (Wildman–Crippen MR) is 48.1 cm³/mol. The van der Waals surface area contributed by atoms with E-state index in [9.17, 15) is 4.79 Å². The lowest BCUT2D eigenvalue weighted by Gasteiger charge is -2.16. The monoisotopic (exact) mass is 196 g/mol. The molecular formula is C10H12O4. The summed E-state index contributed by atoms with van der Waals surface area (Å²) in [6.07, 6.45) is 2.96. The summed E-state index contributed by atoms with van der Waals surface area (Å²) in [5.74, 6) is -1.07. The number of carboxylic acid groups (broad SMARTS) is 1. The molecular weight excluding hydrogens is 184 g/mol. The maximum atomic E-state index is 11.0. The third-order valence-corrected chi connectivity index (χ3v) is 2.45. The van der Waals surface area contributed by atoms with Crippen LogP contribution >= 0.6 is 0 Å². The third kappa shape index (κ3) is 1.65. The highest BCUT2D eigenvalue weighted by Crippen LogP contribution is 2.29. The zero-order valence-corrected chi connectivity index (χ0v) is 7.68. The first-order valence-corrected chi connectivity index (χ1v) is 4.67. The zero-order valence-electron chi connectivity index (χ0n) is 7.68. The third-order valence-electron chi connectivity index (χ3n) is 2.45. The van der Waals surface area contributed by atoms with Crippen LogP contribution in [-0.4, -0.2) is 23.8 Å². The summed E-state index contributed by atoms with van der Waals surface area (Å²) in [6.45, 7) is 0.648. The van der Waals surface area contributed by atoms with Crippen LogP contribution in [0.25, 0.3) is 0 Å². The van der Waals surface area contributed by atoms with Crippen LogP contribution < -0.4 is 0 Å². The molecule has 0 bridgehead atoms. The maximum absolute atomic E-state index is 11.0. The van der Waals surface area contributed by atoms with Crippen molar-refractivity contribution in [3.05, 3.63) is 24.2 Å². The van der Waals surface area contributed by atoms with Crippen LogP contribution in [-0.2, 0) is 9.53 Å². The quantitative estimate of drug-likeness (QED) is 0.798. The average Bonchev–Trinajstić information content (AvgIpc) is 2.75. The fraction of sp³-hybridized carbons (Fsp3) is 0.500. The number of hydrogen-bond acceptors (Lipinski definition) is 3. The van der Waals surface area contributed by atoms with Gasteiger partial charge in [0, 0.05) is 6.61 Å². The van der Waals surface area contributed by atoms with Crippen molar-refractivity contribution in [1.82, 2.24) is 0 Å². The van der Waals surface area contributed by atoms with Gasteiger partial charge in [-0.3, -0.25) is 4.79 Å². The van der Waals surface area contributed by atoms with E-state index in [1.807, 2.05) is 0 Å². The van der Waals surface area contributed by atoms with Crippen LogP contribution in [0.5, 0.6) is 0 Å². The summed E-state index contributed by atoms with van der Waals surface area (Å²) in [5.41, 5.74) is 0. The predicted octanol–water partition coefficient (Wildman–Crippen LogP) is 1.63. The van der Waals surface area contributed by atoms with E-state index in [1.165, 1.54) is 6.26 Å². The Morgan fingerprint density at radius 3 is 3.00 bits per heavy atom. The minimum atomic E-state index is -0.883. The summed E-state index contributed by atoms with van der Waals surface area (Å²) >= 11 is 0. The Morgan fingerprint density at radius 1 is 1.64 bits per heavy atom. The number of hydrogen-bond donors (Lipinski definition) is 1. The molecule has 0 spiro atoms. The van der Waals surface area contributed by atoms with Crippen molar-refractivity contribution in [2.24, 2.45) is 0 Å². The molecule has 0 amide bonds. The van der Waals surface area contributed by atoms with E-state index in [0.717, 1.165) is 12.8 Å². The molecule has 1 aliphatic heterocycles. The van der Waals surface area contributed by atoms with Crippen LogP contribution in [0.4, 0.5) is 0 Å². The van der Waals surface area contributed by atoms with Crippen molar-refractivity contribution < 1.29 is 19.1 Å². The van der Waals surface area contributed by atoms with Gasteiger partial charge in [0.1, 0.15) is 11.7 Å². The van der Waals surface area contributed by atoms with Crippen molar-refractivity contribution in [3.8, 4) is 0 Å². The van der Waals surface area contributed by atoms with Gasteiger partial charge in [0.25, 0.3) is 0 Å². The summed E-state index contributed by atoms with van der Waals surface area (Å²) in [7, 11) is 0. The summed E-state index contributed by atoms with van der Waals surface area (Å²) in [4.78, 5) is 11.0. The van der Waals surface area contributed by atoms with Gasteiger partial charge in [-0.1, -0.05) is 0 Å². The number of rotatable bonds is 3. The van der Waals surface area contributed by atoms with Crippen LogP contribution in [0, 0.1) is 0 Å². The Hall–Kier alpha value is -1.29. The molecule has 1 aromatic rings. The maximum Gasteiger partial charge on any atom is 0.316 e. The van der Waals surface area contributed by atoms with Gasteiger partial charge in [0.2, 0.25) is 0 Å². The highest BCUT2D eigenvalue weighted by atomic mass is 16.5. The van der Waals surface area contributed by atoms with E-state index in [4.69, 9.17) is 14.3 Å². The first-order valence-electron chi connectivity index (χ1n) is 4.67. The molecule has 2 heterocycles. The van der Waals surface area contributed by atoms with Gasteiger partial charge < -0.3 is 14.3 Å². The van der Waals surface area contributed by atoms with E-state index in [0.29, 0.717) is 12.4 Å². The first-order chi connectivity index (χ1) is 6.79. The topological polar surface area (TPSA) is 59.7 Å². The molecule has 0 aliphatic carbocycles. The SMILES string of the molecule is O=C(O)C(c1ccco1)C1CCCO1. The van der Waals surface area contributed by atoms with Gasteiger partial charge >= 0.3 is 5.97 Å². The van der Waals surface area contributed by atoms with Crippen LogP contribution in [0.2, 0.25) is 0 Å². The molecule has 1 fully saturated rings. The van der Waals surface area contributed by atoms with E-state index in [2.05, 4.69) is 0 Å². The van der Waals surface area contributed by atoms with Gasteiger partial charge in [-0.05, 0) is 25.0 Å². The Balaban J connectivity index is 2.19. The minimum Gasteiger partial charge on any atom is -0.481 e. The van der Waals surface area contributed by atoms with Gasteiger partial charge in [0.05, 0.1) is 12.4 Å². The van der Waals surface area contributed by atoms with Crippen molar-refractivity contribution in [2.75, 3.05) is 6.61 Å². The smallest absolute Gasteiger partial charge is 0.316 e. The van der Waals surface area contributed by atoms with Gasteiger partial charge in [-0.25, -0.2) is 0 Å². The molecule has 76 valence electrons. The van der Waals surface area contributed by atoms with Crippen molar-refractivity contribution in [2.45, 2.75) is 24.9 Å². The van der Waals surface area contributed by atoms with Crippen molar-refractivity contribution >= 4 is 5.97 Å². The molecule has 0 saturated carbocycles. The normalized spacial score (nSPS) is 23.6. The largest absolute Gasteiger partial charge is 0.481 e. The second-order valence-electron chi connectivity index (χ2n) is 3.38. The molecule has 2 rings (SSSR count). The molecule has 1 saturated heterocycles. The minimum absolute atomic E-state index is 0.237. The lowest BCUT2D eigenvalue weighted by Crippen LogP contribution is -2.25. The Labute approximate surface area is 81.5 Å². The van der Waals surface area contributed by atoms with E-state index >= 15 is 0 Å². The highest BCUT2D eigenvalue weighted by Gasteiger charge is 2.34. The van der Waals surface area contributed by atoms with E-state index < -0.39 is 11.9 Å². The van der Waals surface area contributed by atoms with E-state index in [1.54, 1.807) is 12.1 Å². The molecule has 2 unspecified atom stereocenters. The molecule has 2 atom stereocenters. The molecule has 1 N–H and O–H groups in total. The fourth-order valence-corrected chi connectivity index (χ4v) is 1.80. The number of furan rings is 1. The summed E-state index contributed by atoms with van der Waals surface area (Å²) in [6, 6.07) is 3.38. The zero-order chi connectivity index (χ0) is 9.97. The number of carbonyl (C=O) groups is 1. The summed E-state index contributed by atoms with van der Waals surface area (Å²) in [5, 5.41) is 9.07. The lowest BCUT2D eigenvalue weighted by atomic mass is 9.97. The number of aliphatic carboxylic acids is 1.